The molecule has 4 rings (SSSR count). The van der Waals surface area contributed by atoms with E-state index in [1.54, 1.807) is 44.2 Å². The molecule has 314 valence electrons. The number of Topliss-reactive ketones (excluding diaryl/α,β-unsaturated/α-hetero) is 1. The van der Waals surface area contributed by atoms with E-state index in [9.17, 15) is 43.5 Å². The first-order chi connectivity index (χ1) is 27.4. The third kappa shape index (κ3) is 12.4. The highest BCUT2D eigenvalue weighted by Crippen LogP contribution is 2.31. The van der Waals surface area contributed by atoms with E-state index in [-0.39, 0.29) is 42.3 Å². The fourth-order valence-electron chi connectivity index (χ4n) is 7.54. The van der Waals surface area contributed by atoms with Gasteiger partial charge in [0, 0.05) is 13.0 Å². The zero-order valence-electron chi connectivity index (χ0n) is 33.7. The van der Waals surface area contributed by atoms with Gasteiger partial charge in [0.1, 0.15) is 18.1 Å². The number of carboxylic acids is 1. The van der Waals surface area contributed by atoms with Crippen molar-refractivity contribution >= 4 is 47.2 Å². The number of nitrogens with one attached hydrogen (secondary N) is 4. The van der Waals surface area contributed by atoms with Gasteiger partial charge in [-0.05, 0) is 69.6 Å². The molecule has 2 fully saturated rings. The molecule has 1 saturated heterocycles. The van der Waals surface area contributed by atoms with Gasteiger partial charge in [-0.3, -0.25) is 33.6 Å². The second-order valence-corrected chi connectivity index (χ2v) is 16.3. The number of nitrogens with zero attached hydrogens (tertiary/aromatic N) is 1. The van der Waals surface area contributed by atoms with Crippen molar-refractivity contribution in [2.45, 2.75) is 115 Å². The molecule has 2 aliphatic rings. The number of ether oxygens (including phenoxy) is 1. The molecule has 0 bridgehead atoms. The van der Waals surface area contributed by atoms with Gasteiger partial charge in [-0.15, -0.1) is 0 Å². The molecule has 58 heavy (non-hydrogen) atoms. The number of amides is 6. The van der Waals surface area contributed by atoms with Crippen LogP contribution in [0.15, 0.2) is 54.6 Å². The summed E-state index contributed by atoms with van der Waals surface area (Å²) in [5.74, 6) is -7.55. The number of ketones is 1. The topological polar surface area (TPSA) is 243 Å². The standard InChI is InChI=1S/C42H56N6O10/c1-24(2)20-30(35(50)39(54)44-22-32(49)46-33(36(43)51)25-14-8-6-9-15-25)45-38(53)31-21-27(58-42(3,4)5)23-48(31)40(55)34(26-16-10-7-11-17-26)47-37(52)28-18-12-13-19-29(28)41(56)57/h6,8-9,12-15,18-19,24,26-27,30-31,33-34H,7,10-11,16-17,20-23H2,1-5H3,(H2,43,51)(H,44,54)(H,45,53)(H,46,49)(H,47,52)(H,56,57)/t27-,30?,31+,33+,34+/m1/s1. The molecule has 1 heterocycles. The summed E-state index contributed by atoms with van der Waals surface area (Å²) in [6, 6.07) is 9.19. The highest BCUT2D eigenvalue weighted by molar-refractivity contribution is 6.38. The fourth-order valence-corrected chi connectivity index (χ4v) is 7.54. The Kier molecular flexibility index (Phi) is 15.7. The summed E-state index contributed by atoms with van der Waals surface area (Å²) >= 11 is 0. The molecule has 0 spiro atoms. The largest absolute Gasteiger partial charge is 0.478 e. The Morgan fingerprint density at radius 1 is 0.862 bits per heavy atom. The predicted molar refractivity (Wildman–Crippen MR) is 212 cm³/mol. The second kappa shape index (κ2) is 20.2. The molecule has 1 unspecified atom stereocenters. The zero-order valence-corrected chi connectivity index (χ0v) is 33.7. The molecular weight excluding hydrogens is 748 g/mol. The number of carboxylic acid groups (broad SMARTS) is 1. The van der Waals surface area contributed by atoms with Crippen LogP contribution >= 0.6 is 0 Å². The van der Waals surface area contributed by atoms with Gasteiger partial charge in [0.15, 0.2) is 0 Å². The lowest BCUT2D eigenvalue weighted by atomic mass is 9.83. The number of carbonyl (C=O) groups excluding carboxylic acids is 7. The lowest BCUT2D eigenvalue weighted by Gasteiger charge is -2.35. The van der Waals surface area contributed by atoms with E-state index in [1.165, 1.54) is 29.2 Å². The smallest absolute Gasteiger partial charge is 0.336 e. The molecule has 7 N–H and O–H groups in total. The van der Waals surface area contributed by atoms with Crippen LogP contribution in [-0.2, 0) is 33.5 Å². The molecule has 6 amide bonds. The van der Waals surface area contributed by atoms with E-state index in [1.807, 2.05) is 20.8 Å². The molecule has 0 radical (unpaired) electrons. The number of rotatable bonds is 17. The molecule has 1 aliphatic carbocycles. The normalized spacial score (nSPS) is 18.7. The zero-order chi connectivity index (χ0) is 42.7. The highest BCUT2D eigenvalue weighted by Gasteiger charge is 2.46. The maximum Gasteiger partial charge on any atom is 0.336 e. The maximum atomic E-state index is 14.7. The number of likely N-dealkylation sites (tertiary alicyclic amines) is 1. The van der Waals surface area contributed by atoms with Gasteiger partial charge < -0.3 is 41.7 Å². The lowest BCUT2D eigenvalue weighted by Crippen LogP contribution is -2.58. The van der Waals surface area contributed by atoms with Crippen LogP contribution in [0.25, 0.3) is 0 Å². The van der Waals surface area contributed by atoms with Crippen molar-refractivity contribution in [2.24, 2.45) is 17.6 Å². The summed E-state index contributed by atoms with van der Waals surface area (Å²) in [5.41, 5.74) is 4.93. The van der Waals surface area contributed by atoms with E-state index in [0.29, 0.717) is 18.4 Å². The van der Waals surface area contributed by atoms with Gasteiger partial charge in [-0.2, -0.15) is 0 Å². The van der Waals surface area contributed by atoms with Crippen LogP contribution in [0.4, 0.5) is 0 Å². The first-order valence-corrected chi connectivity index (χ1v) is 19.7. The number of nitrogens with two attached hydrogens (primary N) is 1. The first-order valence-electron chi connectivity index (χ1n) is 19.7. The summed E-state index contributed by atoms with van der Waals surface area (Å²) in [7, 11) is 0. The first kappa shape index (κ1) is 45.1. The van der Waals surface area contributed by atoms with Gasteiger partial charge in [0.25, 0.3) is 11.8 Å². The SMILES string of the molecule is CC(C)CC(NC(=O)[C@@H]1C[C@@H](OC(C)(C)C)CN1C(=O)[C@@H](NC(=O)c1ccccc1C(=O)O)C1CCCCC1)C(=O)C(=O)NCC(=O)N[C@H](C(N)=O)c1ccccc1. The van der Waals surface area contributed by atoms with Crippen LogP contribution in [-0.4, -0.2) is 100 Å². The average molecular weight is 805 g/mol. The summed E-state index contributed by atoms with van der Waals surface area (Å²) < 4.78 is 6.23. The van der Waals surface area contributed by atoms with E-state index < -0.39 is 89.6 Å². The molecule has 16 heteroatoms. The van der Waals surface area contributed by atoms with Gasteiger partial charge in [0.05, 0.1) is 35.4 Å². The van der Waals surface area contributed by atoms with Crippen LogP contribution < -0.4 is 27.0 Å². The minimum absolute atomic E-state index is 0.00728. The number of hydrogen-bond donors (Lipinski definition) is 6. The van der Waals surface area contributed by atoms with E-state index in [4.69, 9.17) is 10.5 Å². The van der Waals surface area contributed by atoms with Crippen molar-refractivity contribution in [3.8, 4) is 0 Å². The number of benzene rings is 2. The Bertz CT molecular complexity index is 1840. The van der Waals surface area contributed by atoms with Crippen molar-refractivity contribution in [2.75, 3.05) is 13.1 Å². The Labute approximate surface area is 338 Å². The number of hydrogen-bond acceptors (Lipinski definition) is 9. The molecule has 2 aromatic rings. The van der Waals surface area contributed by atoms with Gasteiger partial charge in [-0.1, -0.05) is 75.6 Å². The Hall–Kier alpha value is -5.64. The third-order valence-corrected chi connectivity index (χ3v) is 10.1. The highest BCUT2D eigenvalue weighted by atomic mass is 16.5. The van der Waals surface area contributed by atoms with Crippen molar-refractivity contribution in [3.63, 3.8) is 0 Å². The van der Waals surface area contributed by atoms with Crippen LogP contribution in [0.1, 0.15) is 112 Å². The Morgan fingerprint density at radius 3 is 2.07 bits per heavy atom. The van der Waals surface area contributed by atoms with Gasteiger partial charge in [0.2, 0.25) is 29.4 Å². The maximum absolute atomic E-state index is 14.7. The predicted octanol–water partition coefficient (Wildman–Crippen LogP) is 2.41. The van der Waals surface area contributed by atoms with Crippen LogP contribution in [0.2, 0.25) is 0 Å². The number of carbonyl (C=O) groups is 8. The molecule has 5 atom stereocenters. The third-order valence-electron chi connectivity index (χ3n) is 10.1. The molecule has 1 aliphatic heterocycles. The van der Waals surface area contributed by atoms with Crippen molar-refractivity contribution < 1.29 is 48.2 Å². The summed E-state index contributed by atoms with van der Waals surface area (Å²) in [6.07, 6.45) is 3.34. The monoisotopic (exact) mass is 804 g/mol. The van der Waals surface area contributed by atoms with Crippen molar-refractivity contribution in [3.05, 3.63) is 71.3 Å². The van der Waals surface area contributed by atoms with Crippen molar-refractivity contribution in [1.82, 2.24) is 26.2 Å². The van der Waals surface area contributed by atoms with E-state index in [0.717, 1.165) is 19.3 Å². The number of aromatic carboxylic acids is 1. The summed E-state index contributed by atoms with van der Waals surface area (Å²) in [5, 5.41) is 20.0. The molecule has 16 nitrogen and oxygen atoms in total. The molecule has 1 saturated carbocycles. The van der Waals surface area contributed by atoms with Crippen molar-refractivity contribution in [1.29, 1.82) is 0 Å². The minimum Gasteiger partial charge on any atom is -0.478 e. The Balaban J connectivity index is 1.54. The van der Waals surface area contributed by atoms with Crippen LogP contribution in [0, 0.1) is 11.8 Å². The molecule has 2 aromatic carbocycles. The fraction of sp³-hybridized carbons (Fsp3) is 0.524. The van der Waals surface area contributed by atoms with E-state index in [2.05, 4.69) is 21.3 Å². The van der Waals surface area contributed by atoms with Crippen LogP contribution in [0.5, 0.6) is 0 Å². The second-order valence-electron chi connectivity index (χ2n) is 16.3. The van der Waals surface area contributed by atoms with Gasteiger partial charge >= 0.3 is 5.97 Å². The summed E-state index contributed by atoms with van der Waals surface area (Å²) in [6.45, 7) is 8.43. The van der Waals surface area contributed by atoms with Crippen LogP contribution in [0.3, 0.4) is 0 Å². The lowest BCUT2D eigenvalue weighted by molar-refractivity contribution is -0.143. The minimum atomic E-state index is -1.33. The van der Waals surface area contributed by atoms with Gasteiger partial charge in [-0.25, -0.2) is 4.79 Å². The summed E-state index contributed by atoms with van der Waals surface area (Å²) in [4.78, 5) is 107. The quantitative estimate of drug-likeness (QED) is 0.128. The Morgan fingerprint density at radius 2 is 1.48 bits per heavy atom. The molecular formula is C42H56N6O10. The average Bonchev–Trinajstić information content (AvgIpc) is 3.60. The number of primary amides is 1. The van der Waals surface area contributed by atoms with E-state index >= 15 is 0 Å². The molecule has 0 aromatic heterocycles.